The molecule has 0 saturated carbocycles. The van der Waals surface area contributed by atoms with Gasteiger partial charge in [0.25, 0.3) is 5.91 Å². The van der Waals surface area contributed by atoms with Gasteiger partial charge in [-0.25, -0.2) is 4.79 Å². The van der Waals surface area contributed by atoms with Gasteiger partial charge in [0, 0.05) is 11.3 Å². The van der Waals surface area contributed by atoms with Gasteiger partial charge in [-0.05, 0) is 56.2 Å². The molecule has 0 saturated heterocycles. The number of benzene rings is 1. The van der Waals surface area contributed by atoms with Gasteiger partial charge >= 0.3 is 5.97 Å². The maximum absolute atomic E-state index is 12.7. The summed E-state index contributed by atoms with van der Waals surface area (Å²) in [6.45, 7) is 5.75. The van der Waals surface area contributed by atoms with E-state index in [0.29, 0.717) is 22.7 Å². The summed E-state index contributed by atoms with van der Waals surface area (Å²) in [7, 11) is 1.60. The van der Waals surface area contributed by atoms with Crippen LogP contribution in [0.5, 0.6) is 5.75 Å². The van der Waals surface area contributed by atoms with E-state index in [-0.39, 0.29) is 12.5 Å². The molecule has 1 unspecified atom stereocenters. The molecule has 3 rings (SSSR count). The Morgan fingerprint density at radius 3 is 2.64 bits per heavy atom. The minimum Gasteiger partial charge on any atom is -0.497 e. The van der Waals surface area contributed by atoms with E-state index in [1.54, 1.807) is 14.0 Å². The maximum atomic E-state index is 12.7. The average molecular weight is 402 g/mol. The molecule has 148 valence electrons. The highest BCUT2D eigenvalue weighted by Gasteiger charge is 2.31. The Hall–Kier alpha value is -2.87. The highest BCUT2D eigenvalue weighted by atomic mass is 32.1. The van der Waals surface area contributed by atoms with Crippen LogP contribution in [0.4, 0.5) is 5.00 Å². The molecule has 0 aliphatic carbocycles. The lowest BCUT2D eigenvalue weighted by Crippen LogP contribution is -2.28. The predicted molar refractivity (Wildman–Crippen MR) is 107 cm³/mol. The first kappa shape index (κ1) is 19.9. The minimum atomic E-state index is -0.755. The molecule has 1 aromatic heterocycles. The van der Waals surface area contributed by atoms with Crippen molar-refractivity contribution in [2.45, 2.75) is 33.3 Å². The van der Waals surface area contributed by atoms with Crippen molar-refractivity contribution in [3.05, 3.63) is 45.8 Å². The van der Waals surface area contributed by atoms with Crippen LogP contribution in [0.1, 0.15) is 39.7 Å². The van der Waals surface area contributed by atoms with Crippen LogP contribution >= 0.6 is 11.3 Å². The predicted octanol–water partition coefficient (Wildman–Crippen LogP) is 3.68. The van der Waals surface area contributed by atoms with Crippen LogP contribution in [0.15, 0.2) is 29.4 Å². The number of aryl methyl sites for hydroxylation is 1. The maximum Gasteiger partial charge on any atom is 0.341 e. The zero-order valence-electron chi connectivity index (χ0n) is 16.2. The third-order valence-corrected chi connectivity index (χ3v) is 5.61. The first-order valence-electron chi connectivity index (χ1n) is 8.89. The first-order chi connectivity index (χ1) is 13.4. The summed E-state index contributed by atoms with van der Waals surface area (Å²) >= 11 is 1.34. The number of oxime groups is 1. The largest absolute Gasteiger partial charge is 0.497 e. The molecule has 0 spiro atoms. The fraction of sp³-hybridized carbons (Fsp3) is 0.350. The number of amides is 1. The number of nitrogens with one attached hydrogen (secondary N) is 1. The molecule has 1 aromatic carbocycles. The highest BCUT2D eigenvalue weighted by Crippen LogP contribution is 2.33. The van der Waals surface area contributed by atoms with Crippen LogP contribution in [-0.2, 0) is 14.4 Å². The lowest BCUT2D eigenvalue weighted by Gasteiger charge is -2.10. The number of anilines is 1. The summed E-state index contributed by atoms with van der Waals surface area (Å²) in [6.07, 6.45) is -0.411. The summed E-state index contributed by atoms with van der Waals surface area (Å²) in [5.41, 5.74) is 2.76. The van der Waals surface area contributed by atoms with E-state index in [2.05, 4.69) is 10.5 Å². The topological polar surface area (TPSA) is 86.2 Å². The van der Waals surface area contributed by atoms with Crippen molar-refractivity contribution < 1.29 is 23.9 Å². The van der Waals surface area contributed by atoms with Crippen molar-refractivity contribution in [3.8, 4) is 5.75 Å². The number of esters is 1. The molecule has 2 aromatic rings. The average Bonchev–Trinajstić information content (AvgIpc) is 3.28. The Kier molecular flexibility index (Phi) is 5.99. The third-order valence-electron chi connectivity index (χ3n) is 4.49. The Bertz CT molecular complexity index is 917. The van der Waals surface area contributed by atoms with Gasteiger partial charge in [0.15, 0.2) is 0 Å². The summed E-state index contributed by atoms with van der Waals surface area (Å²) in [4.78, 5) is 31.2. The van der Waals surface area contributed by atoms with Crippen molar-refractivity contribution in [1.29, 1.82) is 0 Å². The van der Waals surface area contributed by atoms with Crippen LogP contribution in [0.25, 0.3) is 0 Å². The number of carbonyl (C=O) groups excluding carboxylic acids is 2. The summed E-state index contributed by atoms with van der Waals surface area (Å²) in [5, 5.41) is 7.32. The summed E-state index contributed by atoms with van der Waals surface area (Å²) in [6, 6.07) is 7.39. The summed E-state index contributed by atoms with van der Waals surface area (Å²) in [5.74, 6) is -0.0475. The van der Waals surface area contributed by atoms with Gasteiger partial charge in [-0.2, -0.15) is 0 Å². The van der Waals surface area contributed by atoms with Gasteiger partial charge in [0.1, 0.15) is 10.8 Å². The second kappa shape index (κ2) is 8.43. The molecule has 0 bridgehead atoms. The van der Waals surface area contributed by atoms with E-state index in [1.807, 2.05) is 38.1 Å². The number of carbonyl (C=O) groups is 2. The Labute approximate surface area is 167 Å². The van der Waals surface area contributed by atoms with Gasteiger partial charge in [-0.1, -0.05) is 5.16 Å². The van der Waals surface area contributed by atoms with Gasteiger partial charge in [-0.15, -0.1) is 11.3 Å². The van der Waals surface area contributed by atoms with E-state index < -0.39 is 12.1 Å². The van der Waals surface area contributed by atoms with Crippen molar-refractivity contribution in [2.75, 3.05) is 19.0 Å². The highest BCUT2D eigenvalue weighted by molar-refractivity contribution is 7.16. The third kappa shape index (κ3) is 4.01. The monoisotopic (exact) mass is 402 g/mol. The molecule has 8 heteroatoms. The molecular formula is C20H22N2O5S. The first-order valence-corrected chi connectivity index (χ1v) is 9.71. The molecule has 7 nitrogen and oxygen atoms in total. The fourth-order valence-corrected chi connectivity index (χ4v) is 3.88. The van der Waals surface area contributed by atoms with Gasteiger partial charge in [0.05, 0.1) is 25.0 Å². The number of thiophene rings is 1. The molecule has 0 fully saturated rings. The zero-order chi connectivity index (χ0) is 20.3. The second-order valence-electron chi connectivity index (χ2n) is 6.26. The molecule has 28 heavy (non-hydrogen) atoms. The molecule has 1 atom stereocenters. The molecule has 1 aliphatic rings. The number of hydrogen-bond donors (Lipinski definition) is 1. The fourth-order valence-electron chi connectivity index (χ4n) is 2.83. The number of rotatable bonds is 6. The Balaban J connectivity index is 1.70. The Morgan fingerprint density at radius 2 is 2.00 bits per heavy atom. The zero-order valence-corrected chi connectivity index (χ0v) is 17.0. The standard InChI is InChI=1S/C20H22N2O5S/c1-5-26-20(24)17-11(2)12(3)28-19(17)21-18(23)16-10-15(22-27-16)13-6-8-14(25-4)9-7-13/h6-9,16H,5,10H2,1-4H3,(H,21,23). The van der Waals surface area contributed by atoms with Crippen molar-refractivity contribution in [3.63, 3.8) is 0 Å². The van der Waals surface area contributed by atoms with E-state index in [0.717, 1.165) is 21.8 Å². The summed E-state index contributed by atoms with van der Waals surface area (Å²) < 4.78 is 10.3. The van der Waals surface area contributed by atoms with Crippen molar-refractivity contribution in [1.82, 2.24) is 0 Å². The SMILES string of the molecule is CCOC(=O)c1c(NC(=O)C2CC(c3ccc(OC)cc3)=NO2)sc(C)c1C. The molecule has 1 N–H and O–H groups in total. The van der Waals surface area contributed by atoms with Crippen LogP contribution < -0.4 is 10.1 Å². The number of methoxy groups -OCH3 is 1. The van der Waals surface area contributed by atoms with Crippen LogP contribution in [0, 0.1) is 13.8 Å². The van der Waals surface area contributed by atoms with Crippen LogP contribution in [0.2, 0.25) is 0 Å². The van der Waals surface area contributed by atoms with Crippen molar-refractivity contribution in [2.24, 2.45) is 5.16 Å². The van der Waals surface area contributed by atoms with Gasteiger partial charge in [0.2, 0.25) is 6.10 Å². The lowest BCUT2D eigenvalue weighted by molar-refractivity contribution is -0.125. The minimum absolute atomic E-state index is 0.269. The number of hydrogen-bond acceptors (Lipinski definition) is 7. The normalized spacial score (nSPS) is 15.6. The number of nitrogens with zero attached hydrogens (tertiary/aromatic N) is 1. The van der Waals surface area contributed by atoms with Crippen molar-refractivity contribution >= 4 is 33.9 Å². The van der Waals surface area contributed by atoms with E-state index >= 15 is 0 Å². The Morgan fingerprint density at radius 1 is 1.29 bits per heavy atom. The van der Waals surface area contributed by atoms with Gasteiger partial charge in [-0.3, -0.25) is 4.79 Å². The number of ether oxygens (including phenoxy) is 2. The smallest absolute Gasteiger partial charge is 0.341 e. The second-order valence-corrected chi connectivity index (χ2v) is 7.49. The molecule has 2 heterocycles. The molecule has 1 amide bonds. The lowest BCUT2D eigenvalue weighted by atomic mass is 10.0. The molecule has 0 radical (unpaired) electrons. The molecule has 1 aliphatic heterocycles. The van der Waals surface area contributed by atoms with Crippen LogP contribution in [0.3, 0.4) is 0 Å². The van der Waals surface area contributed by atoms with E-state index in [9.17, 15) is 9.59 Å². The molecular weight excluding hydrogens is 380 g/mol. The van der Waals surface area contributed by atoms with E-state index in [1.165, 1.54) is 11.3 Å². The van der Waals surface area contributed by atoms with Crippen LogP contribution in [-0.4, -0.2) is 37.4 Å². The van der Waals surface area contributed by atoms with E-state index in [4.69, 9.17) is 14.3 Å². The van der Waals surface area contributed by atoms with Gasteiger partial charge < -0.3 is 19.6 Å². The quantitative estimate of drug-likeness (QED) is 0.745.